The summed E-state index contributed by atoms with van der Waals surface area (Å²) in [4.78, 5) is 14.4. The number of amides is 1. The first kappa shape index (κ1) is 11.9. The summed E-state index contributed by atoms with van der Waals surface area (Å²) < 4.78 is 39.2. The normalized spacial score (nSPS) is 15.5. The Bertz CT molecular complexity index is 452. The van der Waals surface area contributed by atoms with Gasteiger partial charge in [0.15, 0.2) is 5.82 Å². The summed E-state index contributed by atoms with van der Waals surface area (Å²) in [5.74, 6) is -1.42. The van der Waals surface area contributed by atoms with Gasteiger partial charge >= 0.3 is 6.18 Å². The van der Waals surface area contributed by atoms with E-state index in [1.54, 1.807) is 0 Å². The molecule has 0 aromatic carbocycles. The quantitative estimate of drug-likeness (QED) is 0.778. The molecule has 1 aromatic heterocycles. The number of fused-ring (bicyclic) bond motifs is 1. The number of imidazole rings is 1. The highest BCUT2D eigenvalue weighted by Gasteiger charge is 2.39. The average molecular weight is 248 g/mol. The molecular formula is C9H11F3N4O. The van der Waals surface area contributed by atoms with Crippen LogP contribution in [0.3, 0.4) is 0 Å². The van der Waals surface area contributed by atoms with Crippen molar-refractivity contribution in [2.45, 2.75) is 26.2 Å². The summed E-state index contributed by atoms with van der Waals surface area (Å²) in [6.07, 6.45) is -4.51. The van der Waals surface area contributed by atoms with Gasteiger partial charge in [0.05, 0.1) is 5.69 Å². The minimum Gasteiger partial charge on any atom is -0.320 e. The van der Waals surface area contributed by atoms with Gasteiger partial charge in [-0.1, -0.05) is 0 Å². The maximum Gasteiger partial charge on any atom is 0.449 e. The summed E-state index contributed by atoms with van der Waals surface area (Å²) >= 11 is 0. The number of nitrogens with zero attached hydrogens (tertiary/aromatic N) is 2. The molecule has 8 heteroatoms. The van der Waals surface area contributed by atoms with Gasteiger partial charge in [-0.25, -0.2) is 4.98 Å². The van der Waals surface area contributed by atoms with E-state index in [1.807, 2.05) is 0 Å². The van der Waals surface area contributed by atoms with Crippen molar-refractivity contribution in [2.24, 2.45) is 0 Å². The van der Waals surface area contributed by atoms with Gasteiger partial charge in [0.25, 0.3) is 0 Å². The fraction of sp³-hybridized carbons (Fsp3) is 0.556. The van der Waals surface area contributed by atoms with Crippen molar-refractivity contribution in [1.82, 2.24) is 14.9 Å². The van der Waals surface area contributed by atoms with Crippen LogP contribution in [0.5, 0.6) is 0 Å². The number of rotatable bonds is 1. The molecule has 0 saturated carbocycles. The first-order valence-corrected chi connectivity index (χ1v) is 5.04. The molecule has 0 bridgehead atoms. The summed E-state index contributed by atoms with van der Waals surface area (Å²) in [7, 11) is 0. The molecular weight excluding hydrogens is 237 g/mol. The van der Waals surface area contributed by atoms with Gasteiger partial charge in [-0.05, 0) is 0 Å². The minimum atomic E-state index is -4.51. The molecule has 1 aromatic rings. The Morgan fingerprint density at radius 1 is 1.53 bits per heavy atom. The lowest BCUT2D eigenvalue weighted by Crippen LogP contribution is -2.30. The number of nitrogens with one attached hydrogen (secondary N) is 2. The molecule has 94 valence electrons. The second kappa shape index (κ2) is 4.02. The van der Waals surface area contributed by atoms with Crippen LogP contribution >= 0.6 is 0 Å². The van der Waals surface area contributed by atoms with E-state index in [0.717, 1.165) is 4.57 Å². The predicted octanol–water partition coefficient (Wildman–Crippen LogP) is 0.963. The first-order valence-electron chi connectivity index (χ1n) is 5.04. The predicted molar refractivity (Wildman–Crippen MR) is 53.2 cm³/mol. The van der Waals surface area contributed by atoms with Crippen LogP contribution in [0, 0.1) is 0 Å². The number of carbonyl (C=O) groups is 1. The van der Waals surface area contributed by atoms with Crippen molar-refractivity contribution in [3.63, 3.8) is 0 Å². The Labute approximate surface area is 95.0 Å². The summed E-state index contributed by atoms with van der Waals surface area (Å²) in [6, 6.07) is 0. The van der Waals surface area contributed by atoms with Crippen molar-refractivity contribution in [3.05, 3.63) is 11.5 Å². The molecule has 0 unspecified atom stereocenters. The van der Waals surface area contributed by atoms with E-state index >= 15 is 0 Å². The lowest BCUT2D eigenvalue weighted by molar-refractivity contribution is -0.147. The van der Waals surface area contributed by atoms with Gasteiger partial charge in [0, 0.05) is 26.6 Å². The number of aromatic nitrogens is 2. The number of hydrogen-bond donors (Lipinski definition) is 2. The Balaban J connectivity index is 2.47. The summed E-state index contributed by atoms with van der Waals surface area (Å²) in [5, 5.41) is 5.25. The monoisotopic (exact) mass is 248 g/mol. The summed E-state index contributed by atoms with van der Waals surface area (Å²) in [5.41, 5.74) is 0.360. The minimum absolute atomic E-state index is 0.0166. The van der Waals surface area contributed by atoms with Crippen LogP contribution in [0.15, 0.2) is 0 Å². The molecule has 0 spiro atoms. The molecule has 2 heterocycles. The second-order valence-corrected chi connectivity index (χ2v) is 3.74. The highest BCUT2D eigenvalue weighted by atomic mass is 19.4. The highest BCUT2D eigenvalue weighted by Crippen LogP contribution is 2.32. The van der Waals surface area contributed by atoms with Gasteiger partial charge in [-0.15, -0.1) is 0 Å². The SMILES string of the molecule is CC(=O)Nc1nc(C(F)(F)F)n2c1CNCC2. The first-order chi connectivity index (χ1) is 7.89. The number of halogens is 3. The zero-order chi connectivity index (χ0) is 12.6. The fourth-order valence-electron chi connectivity index (χ4n) is 1.79. The van der Waals surface area contributed by atoms with E-state index in [-0.39, 0.29) is 18.9 Å². The fourth-order valence-corrected chi connectivity index (χ4v) is 1.79. The van der Waals surface area contributed by atoms with E-state index < -0.39 is 17.9 Å². The third kappa shape index (κ3) is 2.26. The Morgan fingerprint density at radius 3 is 2.82 bits per heavy atom. The summed E-state index contributed by atoms with van der Waals surface area (Å²) in [6.45, 7) is 2.14. The maximum atomic E-state index is 12.7. The number of anilines is 1. The van der Waals surface area contributed by atoms with Crippen molar-refractivity contribution < 1.29 is 18.0 Å². The zero-order valence-electron chi connectivity index (χ0n) is 9.06. The maximum absolute atomic E-state index is 12.7. The Hall–Kier alpha value is -1.57. The van der Waals surface area contributed by atoms with Crippen LogP contribution in [-0.4, -0.2) is 22.0 Å². The Morgan fingerprint density at radius 2 is 2.24 bits per heavy atom. The topological polar surface area (TPSA) is 59.0 Å². The zero-order valence-corrected chi connectivity index (χ0v) is 9.06. The molecule has 0 aliphatic carbocycles. The van der Waals surface area contributed by atoms with Gasteiger partial charge in [0.2, 0.25) is 11.7 Å². The molecule has 1 aliphatic heterocycles. The third-order valence-electron chi connectivity index (χ3n) is 2.43. The van der Waals surface area contributed by atoms with Crippen molar-refractivity contribution in [3.8, 4) is 0 Å². The smallest absolute Gasteiger partial charge is 0.320 e. The average Bonchev–Trinajstić information content (AvgIpc) is 2.56. The van der Waals surface area contributed by atoms with Gasteiger partial charge in [-0.3, -0.25) is 4.79 Å². The van der Waals surface area contributed by atoms with E-state index in [1.165, 1.54) is 6.92 Å². The molecule has 1 aliphatic rings. The second-order valence-electron chi connectivity index (χ2n) is 3.74. The van der Waals surface area contributed by atoms with Crippen LogP contribution in [0.4, 0.5) is 19.0 Å². The molecule has 2 N–H and O–H groups in total. The number of alkyl halides is 3. The standard InChI is InChI=1S/C9H11F3N4O/c1-5(17)14-7-6-4-13-2-3-16(6)8(15-7)9(10,11)12/h13H,2-4H2,1H3,(H,14,17). The van der Waals surface area contributed by atoms with Crippen LogP contribution in [-0.2, 0) is 24.1 Å². The number of carbonyl (C=O) groups excluding carboxylic acids is 1. The van der Waals surface area contributed by atoms with Gasteiger partial charge in [0.1, 0.15) is 0 Å². The van der Waals surface area contributed by atoms with Gasteiger partial charge in [-0.2, -0.15) is 13.2 Å². The molecule has 2 rings (SSSR count). The lowest BCUT2D eigenvalue weighted by atomic mass is 10.3. The molecule has 5 nitrogen and oxygen atoms in total. The molecule has 0 radical (unpaired) electrons. The molecule has 1 amide bonds. The lowest BCUT2D eigenvalue weighted by Gasteiger charge is -2.19. The molecule has 0 fully saturated rings. The van der Waals surface area contributed by atoms with E-state index in [9.17, 15) is 18.0 Å². The van der Waals surface area contributed by atoms with Crippen molar-refractivity contribution >= 4 is 11.7 Å². The van der Waals surface area contributed by atoms with E-state index in [0.29, 0.717) is 12.2 Å². The van der Waals surface area contributed by atoms with Crippen molar-refractivity contribution in [1.29, 1.82) is 0 Å². The van der Waals surface area contributed by atoms with Crippen molar-refractivity contribution in [2.75, 3.05) is 11.9 Å². The van der Waals surface area contributed by atoms with Crippen LogP contribution in [0.1, 0.15) is 18.4 Å². The van der Waals surface area contributed by atoms with Crippen LogP contribution in [0.25, 0.3) is 0 Å². The highest BCUT2D eigenvalue weighted by molar-refractivity contribution is 5.88. The molecule has 0 atom stereocenters. The molecule has 17 heavy (non-hydrogen) atoms. The van der Waals surface area contributed by atoms with E-state index in [2.05, 4.69) is 15.6 Å². The molecule has 0 saturated heterocycles. The Kier molecular flexibility index (Phi) is 2.82. The van der Waals surface area contributed by atoms with Crippen LogP contribution < -0.4 is 10.6 Å². The largest absolute Gasteiger partial charge is 0.449 e. The van der Waals surface area contributed by atoms with Crippen LogP contribution in [0.2, 0.25) is 0 Å². The van der Waals surface area contributed by atoms with Gasteiger partial charge < -0.3 is 15.2 Å². The third-order valence-corrected chi connectivity index (χ3v) is 2.43. The van der Waals surface area contributed by atoms with E-state index in [4.69, 9.17) is 0 Å². The number of hydrogen-bond acceptors (Lipinski definition) is 3.